The van der Waals surface area contributed by atoms with E-state index in [2.05, 4.69) is 11.9 Å². The van der Waals surface area contributed by atoms with Gasteiger partial charge in [-0.1, -0.05) is 19.3 Å². The van der Waals surface area contributed by atoms with E-state index in [0.717, 1.165) is 25.4 Å². The molecule has 2 rings (SSSR count). The third-order valence-electron chi connectivity index (χ3n) is 4.03. The molecule has 2 aliphatic rings. The van der Waals surface area contributed by atoms with E-state index >= 15 is 0 Å². The van der Waals surface area contributed by atoms with Crippen LogP contribution < -0.4 is 0 Å². The number of rotatable bonds is 3. The molecular formula is C12H23NO. The van der Waals surface area contributed by atoms with Gasteiger partial charge in [-0.3, -0.25) is 0 Å². The van der Waals surface area contributed by atoms with Crippen molar-refractivity contribution in [3.63, 3.8) is 0 Å². The standard InChI is InChI=1S/C12H23NO/c1-13(10-12(14)8-5-9-12)11-6-3-2-4-7-11/h11,14H,2-10H2,1H3. The van der Waals surface area contributed by atoms with E-state index in [9.17, 15) is 5.11 Å². The molecule has 0 spiro atoms. The average molecular weight is 197 g/mol. The largest absolute Gasteiger partial charge is 0.389 e. The van der Waals surface area contributed by atoms with Crippen LogP contribution in [0.5, 0.6) is 0 Å². The Morgan fingerprint density at radius 2 is 1.79 bits per heavy atom. The Hall–Kier alpha value is -0.0800. The lowest BCUT2D eigenvalue weighted by molar-refractivity contribution is -0.0634. The number of aliphatic hydroxyl groups is 1. The summed E-state index contributed by atoms with van der Waals surface area (Å²) in [7, 11) is 2.19. The van der Waals surface area contributed by atoms with E-state index in [1.54, 1.807) is 0 Å². The highest BCUT2D eigenvalue weighted by Crippen LogP contribution is 2.33. The maximum atomic E-state index is 10.1. The lowest BCUT2D eigenvalue weighted by Crippen LogP contribution is -2.49. The van der Waals surface area contributed by atoms with Crippen molar-refractivity contribution in [3.05, 3.63) is 0 Å². The summed E-state index contributed by atoms with van der Waals surface area (Å²) in [5, 5.41) is 10.1. The van der Waals surface area contributed by atoms with Crippen molar-refractivity contribution in [2.24, 2.45) is 0 Å². The SMILES string of the molecule is CN(CC1(O)CCC1)C1CCCCC1. The minimum absolute atomic E-state index is 0.327. The van der Waals surface area contributed by atoms with Crippen LogP contribution in [-0.4, -0.2) is 35.2 Å². The molecule has 2 nitrogen and oxygen atoms in total. The fraction of sp³-hybridized carbons (Fsp3) is 1.00. The monoisotopic (exact) mass is 197 g/mol. The zero-order valence-corrected chi connectivity index (χ0v) is 9.34. The van der Waals surface area contributed by atoms with E-state index in [1.165, 1.54) is 38.5 Å². The lowest BCUT2D eigenvalue weighted by Gasteiger charge is -2.42. The Kier molecular flexibility index (Phi) is 3.13. The van der Waals surface area contributed by atoms with Gasteiger partial charge in [-0.25, -0.2) is 0 Å². The molecular weight excluding hydrogens is 174 g/mol. The smallest absolute Gasteiger partial charge is 0.0774 e. The molecule has 2 aliphatic carbocycles. The van der Waals surface area contributed by atoms with Gasteiger partial charge in [0, 0.05) is 12.6 Å². The predicted molar refractivity (Wildman–Crippen MR) is 58.3 cm³/mol. The zero-order chi connectivity index (χ0) is 10.0. The number of hydrogen-bond acceptors (Lipinski definition) is 2. The van der Waals surface area contributed by atoms with Gasteiger partial charge in [0.25, 0.3) is 0 Å². The topological polar surface area (TPSA) is 23.5 Å². The quantitative estimate of drug-likeness (QED) is 0.749. The van der Waals surface area contributed by atoms with Crippen molar-refractivity contribution in [1.82, 2.24) is 4.90 Å². The maximum Gasteiger partial charge on any atom is 0.0774 e. The molecule has 0 bridgehead atoms. The van der Waals surface area contributed by atoms with Gasteiger partial charge in [0.1, 0.15) is 0 Å². The van der Waals surface area contributed by atoms with Gasteiger partial charge in [-0.2, -0.15) is 0 Å². The highest BCUT2D eigenvalue weighted by atomic mass is 16.3. The summed E-state index contributed by atoms with van der Waals surface area (Å²) < 4.78 is 0. The molecule has 0 unspecified atom stereocenters. The van der Waals surface area contributed by atoms with E-state index < -0.39 is 0 Å². The molecule has 0 saturated heterocycles. The van der Waals surface area contributed by atoms with Crippen LogP contribution in [0.3, 0.4) is 0 Å². The van der Waals surface area contributed by atoms with E-state index in [1.807, 2.05) is 0 Å². The highest BCUT2D eigenvalue weighted by Gasteiger charge is 2.36. The summed E-state index contributed by atoms with van der Waals surface area (Å²) >= 11 is 0. The first-order chi connectivity index (χ1) is 6.70. The predicted octanol–water partition coefficient (Wildman–Crippen LogP) is 2.17. The molecule has 0 atom stereocenters. The molecule has 2 heteroatoms. The molecule has 0 heterocycles. The molecule has 82 valence electrons. The third kappa shape index (κ3) is 2.29. The second-order valence-electron chi connectivity index (χ2n) is 5.28. The van der Waals surface area contributed by atoms with Crippen LogP contribution in [0.1, 0.15) is 51.4 Å². The zero-order valence-electron chi connectivity index (χ0n) is 9.34. The summed E-state index contributed by atoms with van der Waals surface area (Å²) in [5.41, 5.74) is -0.327. The van der Waals surface area contributed by atoms with Crippen LogP contribution in [0.4, 0.5) is 0 Å². The van der Waals surface area contributed by atoms with Crippen molar-refractivity contribution in [1.29, 1.82) is 0 Å². The molecule has 14 heavy (non-hydrogen) atoms. The van der Waals surface area contributed by atoms with Gasteiger partial charge in [0.15, 0.2) is 0 Å². The van der Waals surface area contributed by atoms with Crippen molar-refractivity contribution in [3.8, 4) is 0 Å². The molecule has 0 aromatic carbocycles. The fourth-order valence-corrected chi connectivity index (χ4v) is 2.86. The lowest BCUT2D eigenvalue weighted by atomic mass is 9.79. The molecule has 0 aromatic heterocycles. The number of likely N-dealkylation sites (N-methyl/N-ethyl adjacent to an activating group) is 1. The Morgan fingerprint density at radius 1 is 1.14 bits per heavy atom. The third-order valence-corrected chi connectivity index (χ3v) is 4.03. The summed E-state index contributed by atoms with van der Waals surface area (Å²) in [6, 6.07) is 0.744. The Balaban J connectivity index is 1.78. The first kappa shape index (κ1) is 10.4. The van der Waals surface area contributed by atoms with E-state index in [-0.39, 0.29) is 5.60 Å². The van der Waals surface area contributed by atoms with E-state index in [4.69, 9.17) is 0 Å². The number of nitrogens with zero attached hydrogens (tertiary/aromatic N) is 1. The van der Waals surface area contributed by atoms with Gasteiger partial charge < -0.3 is 10.0 Å². The second kappa shape index (κ2) is 4.19. The van der Waals surface area contributed by atoms with Crippen LogP contribution in [0.2, 0.25) is 0 Å². The van der Waals surface area contributed by atoms with Crippen molar-refractivity contribution < 1.29 is 5.11 Å². The van der Waals surface area contributed by atoms with Gasteiger partial charge in [0.05, 0.1) is 5.60 Å². The molecule has 0 amide bonds. The summed E-state index contributed by atoms with van der Waals surface area (Å²) in [5.74, 6) is 0. The van der Waals surface area contributed by atoms with Crippen molar-refractivity contribution >= 4 is 0 Å². The van der Waals surface area contributed by atoms with E-state index in [0.29, 0.717) is 0 Å². The second-order valence-corrected chi connectivity index (χ2v) is 5.28. The first-order valence-electron chi connectivity index (χ1n) is 6.12. The Morgan fingerprint density at radius 3 is 2.29 bits per heavy atom. The van der Waals surface area contributed by atoms with Crippen LogP contribution >= 0.6 is 0 Å². The average Bonchev–Trinajstić information content (AvgIpc) is 2.17. The normalized spacial score (nSPS) is 27.6. The molecule has 2 fully saturated rings. The molecule has 2 saturated carbocycles. The van der Waals surface area contributed by atoms with Gasteiger partial charge in [0.2, 0.25) is 0 Å². The van der Waals surface area contributed by atoms with Gasteiger partial charge in [-0.15, -0.1) is 0 Å². The Labute approximate surface area is 87.3 Å². The van der Waals surface area contributed by atoms with Gasteiger partial charge >= 0.3 is 0 Å². The van der Waals surface area contributed by atoms with Crippen LogP contribution in [-0.2, 0) is 0 Å². The Bertz CT molecular complexity index is 183. The fourth-order valence-electron chi connectivity index (χ4n) is 2.86. The molecule has 0 radical (unpaired) electrons. The van der Waals surface area contributed by atoms with Crippen LogP contribution in [0, 0.1) is 0 Å². The number of hydrogen-bond donors (Lipinski definition) is 1. The maximum absolute atomic E-state index is 10.1. The summed E-state index contributed by atoms with van der Waals surface area (Å²) in [4.78, 5) is 2.40. The minimum Gasteiger partial charge on any atom is -0.389 e. The first-order valence-corrected chi connectivity index (χ1v) is 6.12. The highest BCUT2D eigenvalue weighted by molar-refractivity contribution is 4.91. The van der Waals surface area contributed by atoms with Gasteiger partial charge in [-0.05, 0) is 39.2 Å². The van der Waals surface area contributed by atoms with Crippen molar-refractivity contribution in [2.45, 2.75) is 63.0 Å². The van der Waals surface area contributed by atoms with Crippen LogP contribution in [0.15, 0.2) is 0 Å². The minimum atomic E-state index is -0.327. The molecule has 0 aliphatic heterocycles. The van der Waals surface area contributed by atoms with Crippen LogP contribution in [0.25, 0.3) is 0 Å². The molecule has 1 N–H and O–H groups in total. The molecule has 0 aromatic rings. The summed E-state index contributed by atoms with van der Waals surface area (Å²) in [6.45, 7) is 0.900. The summed E-state index contributed by atoms with van der Waals surface area (Å²) in [6.07, 6.45) is 10.1. The van der Waals surface area contributed by atoms with Crippen molar-refractivity contribution in [2.75, 3.05) is 13.6 Å².